The molecule has 134 valence electrons. The molecule has 2 N–H and O–H groups in total. The maximum absolute atomic E-state index is 12.2. The van der Waals surface area contributed by atoms with Crippen LogP contribution in [0.1, 0.15) is 5.56 Å². The summed E-state index contributed by atoms with van der Waals surface area (Å²) in [5, 5.41) is 15.5. The molecule has 0 saturated heterocycles. The Bertz CT molecular complexity index is 860. The summed E-state index contributed by atoms with van der Waals surface area (Å²) in [6.07, 6.45) is 2.12. The van der Waals surface area contributed by atoms with E-state index in [4.69, 9.17) is 27.9 Å². The number of nitrogens with one attached hydrogen (secondary N) is 2. The topological polar surface area (TPSA) is 74.1 Å². The van der Waals surface area contributed by atoms with Crippen molar-refractivity contribution in [3.63, 3.8) is 0 Å². The highest BCUT2D eigenvalue weighted by Gasteiger charge is 2.10. The van der Waals surface area contributed by atoms with Crippen LogP contribution in [0.5, 0.6) is 5.75 Å². The molecule has 0 aromatic heterocycles. The Balaban J connectivity index is 1.91. The fraction of sp³-hybridized carbons (Fsp3) is 0.158. The number of hydrogen-bond acceptors (Lipinski definition) is 4. The van der Waals surface area contributed by atoms with Crippen LogP contribution < -0.4 is 15.4 Å². The van der Waals surface area contributed by atoms with Gasteiger partial charge in [0.1, 0.15) is 17.4 Å². The van der Waals surface area contributed by atoms with Crippen molar-refractivity contribution < 1.29 is 9.53 Å². The van der Waals surface area contributed by atoms with Gasteiger partial charge in [-0.05, 0) is 42.3 Å². The first-order chi connectivity index (χ1) is 12.5. The lowest BCUT2D eigenvalue weighted by molar-refractivity contribution is -0.112. The number of benzene rings is 2. The molecule has 0 aliphatic heterocycles. The van der Waals surface area contributed by atoms with Crippen molar-refractivity contribution in [1.29, 1.82) is 5.26 Å². The van der Waals surface area contributed by atoms with Crippen LogP contribution >= 0.6 is 23.2 Å². The van der Waals surface area contributed by atoms with Crippen LogP contribution in [-0.4, -0.2) is 19.6 Å². The Morgan fingerprint density at radius 2 is 2.04 bits per heavy atom. The van der Waals surface area contributed by atoms with Gasteiger partial charge in [0, 0.05) is 18.4 Å². The lowest BCUT2D eigenvalue weighted by Gasteiger charge is -2.07. The van der Waals surface area contributed by atoms with Crippen LogP contribution in [-0.2, 0) is 11.2 Å². The predicted octanol–water partition coefficient (Wildman–Crippen LogP) is 4.18. The molecule has 0 saturated carbocycles. The Morgan fingerprint density at radius 1 is 1.23 bits per heavy atom. The molecule has 0 bridgehead atoms. The van der Waals surface area contributed by atoms with Crippen LogP contribution in [0.3, 0.4) is 0 Å². The molecule has 0 aliphatic rings. The third kappa shape index (κ3) is 5.69. The second-order valence-electron chi connectivity index (χ2n) is 5.31. The van der Waals surface area contributed by atoms with E-state index in [1.54, 1.807) is 19.2 Å². The number of nitrogens with zero attached hydrogens (tertiary/aromatic N) is 1. The Kier molecular flexibility index (Phi) is 7.34. The SMILES string of the molecule is COc1cccc(CCN/C=C(/C#N)C(=O)Nc2ccc(Cl)c(Cl)c2)c1. The van der Waals surface area contributed by atoms with Crippen LogP contribution in [0.2, 0.25) is 10.0 Å². The molecule has 5 nitrogen and oxygen atoms in total. The fourth-order valence-electron chi connectivity index (χ4n) is 2.14. The maximum atomic E-state index is 12.2. The third-order valence-corrected chi connectivity index (χ3v) is 4.22. The molecule has 1 amide bonds. The van der Waals surface area contributed by atoms with Crippen molar-refractivity contribution in [1.82, 2.24) is 5.32 Å². The maximum Gasteiger partial charge on any atom is 0.267 e. The molecule has 0 unspecified atom stereocenters. The average molecular weight is 390 g/mol. The molecule has 0 atom stereocenters. The quantitative estimate of drug-likeness (QED) is 0.423. The van der Waals surface area contributed by atoms with Crippen LogP contribution in [0.15, 0.2) is 54.2 Å². The smallest absolute Gasteiger partial charge is 0.267 e. The molecule has 2 rings (SSSR count). The summed E-state index contributed by atoms with van der Waals surface area (Å²) in [5.41, 5.74) is 1.51. The number of anilines is 1. The highest BCUT2D eigenvalue weighted by molar-refractivity contribution is 6.42. The van der Waals surface area contributed by atoms with Gasteiger partial charge in [0.15, 0.2) is 0 Å². The van der Waals surface area contributed by atoms with Gasteiger partial charge in [-0.15, -0.1) is 0 Å². The summed E-state index contributed by atoms with van der Waals surface area (Å²) < 4.78 is 5.17. The lowest BCUT2D eigenvalue weighted by atomic mass is 10.1. The number of nitriles is 1. The van der Waals surface area contributed by atoms with Crippen LogP contribution in [0.4, 0.5) is 5.69 Å². The van der Waals surface area contributed by atoms with E-state index < -0.39 is 5.91 Å². The fourth-order valence-corrected chi connectivity index (χ4v) is 2.44. The number of methoxy groups -OCH3 is 1. The first-order valence-electron chi connectivity index (χ1n) is 7.76. The molecule has 2 aromatic rings. The van der Waals surface area contributed by atoms with Crippen LogP contribution in [0, 0.1) is 11.3 Å². The zero-order valence-corrected chi connectivity index (χ0v) is 15.6. The first kappa shape index (κ1) is 19.6. The van der Waals surface area contributed by atoms with Crippen LogP contribution in [0.25, 0.3) is 0 Å². The summed E-state index contributed by atoms with van der Waals surface area (Å²) >= 11 is 11.7. The van der Waals surface area contributed by atoms with Crippen molar-refractivity contribution in [3.05, 3.63) is 69.8 Å². The number of ether oxygens (including phenoxy) is 1. The molecule has 26 heavy (non-hydrogen) atoms. The predicted molar refractivity (Wildman–Crippen MR) is 103 cm³/mol. The van der Waals surface area contributed by atoms with E-state index in [-0.39, 0.29) is 5.57 Å². The van der Waals surface area contributed by atoms with Crippen molar-refractivity contribution >= 4 is 34.8 Å². The minimum Gasteiger partial charge on any atom is -0.497 e. The van der Waals surface area contributed by atoms with E-state index >= 15 is 0 Å². The number of carbonyl (C=O) groups excluding carboxylic acids is 1. The van der Waals surface area contributed by atoms with Crippen molar-refractivity contribution in [2.24, 2.45) is 0 Å². The average Bonchev–Trinajstić information content (AvgIpc) is 2.65. The standard InChI is InChI=1S/C19H17Cl2N3O2/c1-26-16-4-2-3-13(9-16)7-8-23-12-14(11-22)19(25)24-15-5-6-17(20)18(21)10-15/h2-6,9-10,12,23H,7-8H2,1H3,(H,24,25)/b14-12-. The highest BCUT2D eigenvalue weighted by atomic mass is 35.5. The second kappa shape index (κ2) is 9.71. The van der Waals surface area contributed by atoms with E-state index in [0.717, 1.165) is 17.7 Å². The number of hydrogen-bond donors (Lipinski definition) is 2. The normalized spacial score (nSPS) is 10.8. The lowest BCUT2D eigenvalue weighted by Crippen LogP contribution is -2.18. The second-order valence-corrected chi connectivity index (χ2v) is 6.12. The molecule has 0 radical (unpaired) electrons. The van der Waals surface area contributed by atoms with Crippen molar-refractivity contribution in [3.8, 4) is 11.8 Å². The summed E-state index contributed by atoms with van der Waals surface area (Å²) in [6, 6.07) is 14.3. The van der Waals surface area contributed by atoms with Gasteiger partial charge in [-0.1, -0.05) is 35.3 Å². The van der Waals surface area contributed by atoms with Gasteiger partial charge in [-0.3, -0.25) is 4.79 Å². The van der Waals surface area contributed by atoms with Gasteiger partial charge in [0.25, 0.3) is 5.91 Å². The summed E-state index contributed by atoms with van der Waals surface area (Å²) in [5.74, 6) is 0.261. The number of halogens is 2. The van der Waals surface area contributed by atoms with Gasteiger partial charge in [0.05, 0.1) is 17.2 Å². The largest absolute Gasteiger partial charge is 0.497 e. The minimum absolute atomic E-state index is 0.0401. The Hall–Kier alpha value is -2.68. The van der Waals surface area contributed by atoms with Gasteiger partial charge in [-0.2, -0.15) is 5.26 Å². The number of rotatable bonds is 7. The Labute approximate surface area is 162 Å². The third-order valence-electron chi connectivity index (χ3n) is 3.48. The highest BCUT2D eigenvalue weighted by Crippen LogP contribution is 2.25. The van der Waals surface area contributed by atoms with E-state index in [1.807, 2.05) is 30.3 Å². The van der Waals surface area contributed by atoms with Gasteiger partial charge in [-0.25, -0.2) is 0 Å². The monoisotopic (exact) mass is 389 g/mol. The van der Waals surface area contributed by atoms with E-state index in [9.17, 15) is 10.1 Å². The molecular formula is C19H17Cl2N3O2. The number of amides is 1. The van der Waals surface area contributed by atoms with Crippen molar-refractivity contribution in [2.45, 2.75) is 6.42 Å². The molecule has 2 aromatic carbocycles. The zero-order valence-electron chi connectivity index (χ0n) is 14.1. The molecule has 0 aliphatic carbocycles. The molecule has 0 heterocycles. The Morgan fingerprint density at radius 3 is 2.73 bits per heavy atom. The molecule has 0 spiro atoms. The summed E-state index contributed by atoms with van der Waals surface area (Å²) in [4.78, 5) is 12.2. The van der Waals surface area contributed by atoms with Gasteiger partial charge in [0.2, 0.25) is 0 Å². The molecule has 7 heteroatoms. The van der Waals surface area contributed by atoms with E-state index in [0.29, 0.717) is 22.3 Å². The summed E-state index contributed by atoms with van der Waals surface area (Å²) in [7, 11) is 1.62. The van der Waals surface area contributed by atoms with E-state index in [2.05, 4.69) is 10.6 Å². The molecule has 0 fully saturated rings. The zero-order chi connectivity index (χ0) is 18.9. The van der Waals surface area contributed by atoms with Crippen molar-refractivity contribution in [2.75, 3.05) is 19.0 Å². The molecular weight excluding hydrogens is 373 g/mol. The first-order valence-corrected chi connectivity index (χ1v) is 8.52. The van der Waals surface area contributed by atoms with E-state index in [1.165, 1.54) is 12.3 Å². The minimum atomic E-state index is -0.528. The summed E-state index contributed by atoms with van der Waals surface area (Å²) in [6.45, 7) is 0.568. The number of carbonyl (C=O) groups is 1. The van der Waals surface area contributed by atoms with Gasteiger partial charge >= 0.3 is 0 Å². The van der Waals surface area contributed by atoms with Gasteiger partial charge < -0.3 is 15.4 Å².